The summed E-state index contributed by atoms with van der Waals surface area (Å²) in [6.45, 7) is 3.90. The maximum absolute atomic E-state index is 13.2. The van der Waals surface area contributed by atoms with Gasteiger partial charge in [0.15, 0.2) is 5.78 Å². The molecule has 0 aliphatic rings. The first-order valence-corrected chi connectivity index (χ1v) is 10.5. The number of hydrogen-bond donors (Lipinski definition) is 0. The van der Waals surface area contributed by atoms with Gasteiger partial charge in [-0.05, 0) is 37.6 Å². The van der Waals surface area contributed by atoms with Crippen LogP contribution >= 0.6 is 23.1 Å². The third kappa shape index (κ3) is 3.84. The number of benzene rings is 2. The molecular weight excluding hydrogens is 391 g/mol. The van der Waals surface area contributed by atoms with Crippen LogP contribution in [0.5, 0.6) is 0 Å². The van der Waals surface area contributed by atoms with Crippen LogP contribution in [0.3, 0.4) is 0 Å². The number of fused-ring (bicyclic) bond motifs is 1. The fraction of sp³-hybridized carbons (Fsp3) is 0.136. The number of hydrogen-bond acceptors (Lipinski definition) is 5. The number of rotatable bonds is 5. The lowest BCUT2D eigenvalue weighted by atomic mass is 10.1. The summed E-state index contributed by atoms with van der Waals surface area (Å²) in [6, 6.07) is 16.0. The van der Waals surface area contributed by atoms with Crippen LogP contribution in [0.4, 0.5) is 4.39 Å². The second-order valence-corrected chi connectivity index (χ2v) is 8.88. The minimum Gasteiger partial charge on any atom is -0.293 e. The third-order valence-corrected chi connectivity index (χ3v) is 6.81. The number of carbonyl (C=O) groups is 1. The number of ketones is 1. The summed E-state index contributed by atoms with van der Waals surface area (Å²) >= 11 is 3.00. The topological polar surface area (TPSA) is 42.9 Å². The van der Waals surface area contributed by atoms with Crippen LogP contribution in [0, 0.1) is 12.7 Å². The average Bonchev–Trinajstić information content (AvgIpc) is 3.14. The van der Waals surface area contributed by atoms with Crippen molar-refractivity contribution in [2.75, 3.05) is 0 Å². The summed E-state index contributed by atoms with van der Waals surface area (Å²) in [5.41, 5.74) is 3.59. The fourth-order valence-corrected chi connectivity index (χ4v) is 5.01. The highest BCUT2D eigenvalue weighted by molar-refractivity contribution is 8.00. The Kier molecular flexibility index (Phi) is 5.24. The molecule has 2 heterocycles. The number of thioether (sulfide) groups is 1. The Morgan fingerprint density at radius 3 is 2.50 bits per heavy atom. The second-order valence-electron chi connectivity index (χ2n) is 6.50. The molecule has 1 atom stereocenters. The van der Waals surface area contributed by atoms with Crippen LogP contribution in [-0.2, 0) is 0 Å². The second kappa shape index (κ2) is 7.81. The van der Waals surface area contributed by atoms with Gasteiger partial charge < -0.3 is 0 Å². The molecule has 0 N–H and O–H groups in total. The molecule has 28 heavy (non-hydrogen) atoms. The van der Waals surface area contributed by atoms with Crippen molar-refractivity contribution in [1.29, 1.82) is 0 Å². The number of thiophene rings is 1. The van der Waals surface area contributed by atoms with Gasteiger partial charge in [-0.2, -0.15) is 0 Å². The van der Waals surface area contributed by atoms with E-state index >= 15 is 0 Å². The quantitative estimate of drug-likeness (QED) is 0.225. The molecule has 0 fully saturated rings. The van der Waals surface area contributed by atoms with E-state index in [1.54, 1.807) is 23.5 Å². The third-order valence-electron chi connectivity index (χ3n) is 4.40. The highest BCUT2D eigenvalue weighted by atomic mass is 32.2. The van der Waals surface area contributed by atoms with Gasteiger partial charge in [0.2, 0.25) is 0 Å². The van der Waals surface area contributed by atoms with Gasteiger partial charge in [-0.3, -0.25) is 4.79 Å². The molecular formula is C22H17FN2OS2. The van der Waals surface area contributed by atoms with Crippen molar-refractivity contribution in [2.45, 2.75) is 24.1 Å². The highest BCUT2D eigenvalue weighted by Crippen LogP contribution is 2.38. The number of carbonyl (C=O) groups excluding carboxylic acids is 1. The molecule has 0 spiro atoms. The van der Waals surface area contributed by atoms with Crippen LogP contribution in [-0.4, -0.2) is 21.0 Å². The van der Waals surface area contributed by atoms with Gasteiger partial charge in [-0.1, -0.05) is 53.7 Å². The first-order valence-electron chi connectivity index (χ1n) is 8.79. The first-order chi connectivity index (χ1) is 13.5. The summed E-state index contributed by atoms with van der Waals surface area (Å²) < 4.78 is 14.1. The van der Waals surface area contributed by atoms with Gasteiger partial charge >= 0.3 is 0 Å². The zero-order valence-electron chi connectivity index (χ0n) is 15.3. The minimum absolute atomic E-state index is 0.0760. The molecule has 2 aromatic heterocycles. The molecule has 140 valence electrons. The number of aromatic nitrogens is 2. The molecule has 0 radical (unpaired) electrons. The van der Waals surface area contributed by atoms with Gasteiger partial charge in [0.25, 0.3) is 0 Å². The Hall–Kier alpha value is -2.57. The molecule has 0 aliphatic carbocycles. The largest absolute Gasteiger partial charge is 0.293 e. The van der Waals surface area contributed by atoms with E-state index in [1.165, 1.54) is 30.2 Å². The van der Waals surface area contributed by atoms with Gasteiger partial charge in [-0.15, -0.1) is 11.3 Å². The number of nitrogens with zero attached hydrogens (tertiary/aromatic N) is 2. The maximum Gasteiger partial charge on any atom is 0.175 e. The van der Waals surface area contributed by atoms with Gasteiger partial charge in [-0.25, -0.2) is 14.4 Å². The predicted octanol–water partition coefficient (Wildman–Crippen LogP) is 6.17. The molecule has 0 unspecified atom stereocenters. The Balaban J connectivity index is 1.62. The van der Waals surface area contributed by atoms with Gasteiger partial charge in [0.1, 0.15) is 17.2 Å². The van der Waals surface area contributed by atoms with E-state index in [-0.39, 0.29) is 16.9 Å². The lowest BCUT2D eigenvalue weighted by Gasteiger charge is -2.10. The lowest BCUT2D eigenvalue weighted by Crippen LogP contribution is -2.13. The minimum atomic E-state index is -0.267. The maximum atomic E-state index is 13.2. The predicted molar refractivity (Wildman–Crippen MR) is 114 cm³/mol. The van der Waals surface area contributed by atoms with Gasteiger partial charge in [0.05, 0.1) is 15.5 Å². The van der Waals surface area contributed by atoms with E-state index in [0.717, 1.165) is 31.2 Å². The highest BCUT2D eigenvalue weighted by Gasteiger charge is 2.19. The Labute approximate surface area is 170 Å². The van der Waals surface area contributed by atoms with Crippen molar-refractivity contribution >= 4 is 39.1 Å². The molecule has 0 saturated heterocycles. The van der Waals surface area contributed by atoms with E-state index in [0.29, 0.717) is 5.56 Å². The monoisotopic (exact) mass is 408 g/mol. The summed E-state index contributed by atoms with van der Waals surface area (Å²) in [5.74, 6) is -0.184. The SMILES string of the molecule is Cc1ccc(C(=O)[C@H](C)Sc2ncnc3cc(-c4ccc(F)cc4)sc23)cc1. The van der Waals surface area contributed by atoms with Crippen LogP contribution in [0.15, 0.2) is 66.0 Å². The Morgan fingerprint density at radius 2 is 1.79 bits per heavy atom. The van der Waals surface area contributed by atoms with Crippen molar-refractivity contribution in [1.82, 2.24) is 9.97 Å². The van der Waals surface area contributed by atoms with Crippen molar-refractivity contribution in [3.63, 3.8) is 0 Å². The molecule has 0 bridgehead atoms. The van der Waals surface area contributed by atoms with E-state index in [9.17, 15) is 9.18 Å². The number of Topliss-reactive ketones (excluding diaryl/α,β-unsaturated/α-hetero) is 1. The summed E-state index contributed by atoms with van der Waals surface area (Å²) in [6.07, 6.45) is 1.52. The zero-order valence-corrected chi connectivity index (χ0v) is 17.0. The Morgan fingerprint density at radius 1 is 1.07 bits per heavy atom. The van der Waals surface area contributed by atoms with E-state index in [4.69, 9.17) is 0 Å². The molecule has 2 aromatic carbocycles. The summed E-state index contributed by atoms with van der Waals surface area (Å²) in [5, 5.41) is 0.522. The molecule has 0 aliphatic heterocycles. The standard InChI is InChI=1S/C22H17FN2OS2/c1-13-3-5-16(6-4-13)20(26)14(2)27-22-21-18(24-12-25-22)11-19(28-21)15-7-9-17(23)10-8-15/h3-12,14H,1-2H3/t14-/m0/s1. The smallest absolute Gasteiger partial charge is 0.175 e. The number of halogens is 1. The van der Waals surface area contributed by atoms with Crippen LogP contribution < -0.4 is 0 Å². The summed E-state index contributed by atoms with van der Waals surface area (Å²) in [4.78, 5) is 22.5. The van der Waals surface area contributed by atoms with Crippen LogP contribution in [0.2, 0.25) is 0 Å². The van der Waals surface area contributed by atoms with E-state index in [1.807, 2.05) is 44.2 Å². The van der Waals surface area contributed by atoms with Crippen molar-refractivity contribution in [3.05, 3.63) is 77.9 Å². The van der Waals surface area contributed by atoms with Crippen molar-refractivity contribution in [3.8, 4) is 10.4 Å². The van der Waals surface area contributed by atoms with Crippen LogP contribution in [0.1, 0.15) is 22.8 Å². The molecule has 3 nitrogen and oxygen atoms in total. The van der Waals surface area contributed by atoms with Gasteiger partial charge in [0, 0.05) is 10.4 Å². The zero-order chi connectivity index (χ0) is 19.7. The normalized spacial score (nSPS) is 12.2. The van der Waals surface area contributed by atoms with Crippen molar-refractivity contribution < 1.29 is 9.18 Å². The molecule has 0 amide bonds. The summed E-state index contributed by atoms with van der Waals surface area (Å²) in [7, 11) is 0. The Bertz CT molecular complexity index is 1140. The molecule has 0 saturated carbocycles. The first kappa shape index (κ1) is 18.8. The molecule has 4 aromatic rings. The van der Waals surface area contributed by atoms with E-state index in [2.05, 4.69) is 9.97 Å². The molecule has 4 rings (SSSR count). The fourth-order valence-electron chi connectivity index (χ4n) is 2.85. The van der Waals surface area contributed by atoms with Crippen molar-refractivity contribution in [2.24, 2.45) is 0 Å². The number of aryl methyl sites for hydroxylation is 1. The van der Waals surface area contributed by atoms with Crippen LogP contribution in [0.25, 0.3) is 20.7 Å². The molecule has 6 heteroatoms. The lowest BCUT2D eigenvalue weighted by molar-refractivity contribution is 0.0994. The van der Waals surface area contributed by atoms with E-state index < -0.39 is 0 Å². The average molecular weight is 409 g/mol.